The minimum atomic E-state index is -2.46. The maximum Gasteiger partial charge on any atom is 0.500 e. The van der Waals surface area contributed by atoms with Crippen LogP contribution in [0.3, 0.4) is 0 Å². The van der Waals surface area contributed by atoms with Crippen molar-refractivity contribution in [3.8, 4) is 0 Å². The van der Waals surface area contributed by atoms with E-state index in [0.717, 1.165) is 12.5 Å². The van der Waals surface area contributed by atoms with Gasteiger partial charge in [-0.1, -0.05) is 117 Å². The normalized spacial score (nSPS) is 12.2. The monoisotopic (exact) mass is 565 g/mol. The van der Waals surface area contributed by atoms with Crippen molar-refractivity contribution >= 4 is 8.80 Å². The van der Waals surface area contributed by atoms with Crippen molar-refractivity contribution in [3.05, 3.63) is 0 Å². The zero-order valence-electron chi connectivity index (χ0n) is 26.2. The van der Waals surface area contributed by atoms with Crippen LogP contribution in [0.15, 0.2) is 0 Å². The average Bonchev–Trinajstić information content (AvgIpc) is 2.89. The van der Waals surface area contributed by atoms with E-state index < -0.39 is 8.80 Å². The van der Waals surface area contributed by atoms with Crippen LogP contribution in [0.4, 0.5) is 0 Å². The molecule has 0 unspecified atom stereocenters. The summed E-state index contributed by atoms with van der Waals surface area (Å²) in [5.74, 6) is 0. The molecule has 0 aromatic heterocycles. The average molecular weight is 566 g/mol. The van der Waals surface area contributed by atoms with E-state index >= 15 is 0 Å². The molecular weight excluding hydrogens is 498 g/mol. The van der Waals surface area contributed by atoms with E-state index in [1.807, 2.05) is 0 Å². The lowest BCUT2D eigenvalue weighted by Crippen LogP contribution is -3.00. The van der Waals surface area contributed by atoms with Crippen LogP contribution in [0.25, 0.3) is 0 Å². The first-order valence-electron chi connectivity index (χ1n) is 16.0. The fourth-order valence-electron chi connectivity index (χ4n) is 5.53. The van der Waals surface area contributed by atoms with Crippen LogP contribution >= 0.6 is 0 Å². The minimum Gasteiger partial charge on any atom is -1.00 e. The fourth-order valence-corrected chi connectivity index (χ4v) is 7.23. The molecule has 0 rings (SSSR count). The Morgan fingerprint density at radius 2 is 0.703 bits per heavy atom. The van der Waals surface area contributed by atoms with Gasteiger partial charge in [-0.15, -0.1) is 0 Å². The van der Waals surface area contributed by atoms with Crippen LogP contribution in [0.1, 0.15) is 149 Å². The fraction of sp³-hybridized carbons (Fsp3) is 1.00. The highest BCUT2D eigenvalue weighted by Crippen LogP contribution is 2.20. The smallest absolute Gasteiger partial charge is 0.500 e. The van der Waals surface area contributed by atoms with E-state index in [1.54, 1.807) is 21.3 Å². The third-order valence-electron chi connectivity index (χ3n) is 8.22. The molecule has 0 aromatic carbocycles. The number of hydrogen-bond acceptors (Lipinski definition) is 3. The van der Waals surface area contributed by atoms with Gasteiger partial charge in [0.1, 0.15) is 0 Å². The maximum absolute atomic E-state index is 5.67. The molecule has 0 heterocycles. The van der Waals surface area contributed by atoms with Crippen molar-refractivity contribution < 1.29 is 30.2 Å². The van der Waals surface area contributed by atoms with Crippen molar-refractivity contribution in [3.63, 3.8) is 0 Å². The van der Waals surface area contributed by atoms with Gasteiger partial charge in [0.25, 0.3) is 0 Å². The first kappa shape index (κ1) is 39.5. The zero-order chi connectivity index (χ0) is 26.8. The van der Waals surface area contributed by atoms with Crippen LogP contribution in [0.5, 0.6) is 0 Å². The van der Waals surface area contributed by atoms with Gasteiger partial charge in [0.05, 0.1) is 26.7 Å². The molecule has 0 aromatic rings. The molecule has 0 saturated heterocycles. The molecule has 6 heteroatoms. The quantitative estimate of drug-likeness (QED) is 0.0585. The first-order valence-corrected chi connectivity index (χ1v) is 17.9. The minimum absolute atomic E-state index is 0. The molecule has 0 aliphatic carbocycles. The van der Waals surface area contributed by atoms with Crippen LogP contribution in [0, 0.1) is 0 Å². The lowest BCUT2D eigenvalue weighted by molar-refractivity contribution is -0.910. The predicted octanol–water partition coefficient (Wildman–Crippen LogP) is 6.55. The zero-order valence-corrected chi connectivity index (χ0v) is 28.0. The van der Waals surface area contributed by atoms with Crippen molar-refractivity contribution in [1.29, 1.82) is 0 Å². The van der Waals surface area contributed by atoms with E-state index in [4.69, 9.17) is 13.3 Å². The van der Waals surface area contributed by atoms with Gasteiger partial charge in [0.2, 0.25) is 0 Å². The van der Waals surface area contributed by atoms with E-state index in [1.165, 1.54) is 153 Å². The molecule has 0 radical (unpaired) electrons. The van der Waals surface area contributed by atoms with E-state index in [0.29, 0.717) is 0 Å². The Morgan fingerprint density at radius 1 is 0.432 bits per heavy atom. The molecule has 0 atom stereocenters. The summed E-state index contributed by atoms with van der Waals surface area (Å²) in [6, 6.07) is 0.917. The van der Waals surface area contributed by atoms with Crippen molar-refractivity contribution in [1.82, 2.24) is 0 Å². The van der Waals surface area contributed by atoms with Gasteiger partial charge < -0.3 is 30.2 Å². The largest absolute Gasteiger partial charge is 1.00 e. The SMILES string of the molecule is CCCCCCCCCCCC[N+](C)(CCCCCCCCCCCC)CCC[Si](OC)(OC)OC.[Cl-]. The molecule has 4 nitrogen and oxygen atoms in total. The molecular formula is C31H68ClNO3Si. The van der Waals surface area contributed by atoms with Gasteiger partial charge in [-0.2, -0.15) is 0 Å². The van der Waals surface area contributed by atoms with E-state index in [2.05, 4.69) is 20.9 Å². The number of hydrogen-bond donors (Lipinski definition) is 0. The Labute approximate surface area is 241 Å². The highest BCUT2D eigenvalue weighted by atomic mass is 35.5. The molecule has 0 aliphatic rings. The third kappa shape index (κ3) is 22.8. The van der Waals surface area contributed by atoms with Gasteiger partial charge in [0, 0.05) is 33.8 Å². The van der Waals surface area contributed by atoms with Gasteiger partial charge in [-0.25, -0.2) is 0 Å². The van der Waals surface area contributed by atoms with Crippen molar-refractivity contribution in [2.75, 3.05) is 48.0 Å². The number of nitrogens with zero attached hydrogens (tertiary/aromatic N) is 1. The first-order chi connectivity index (χ1) is 17.5. The standard InChI is InChI=1S/C31H68NO3Si.ClH/c1-7-9-11-13-15-17-19-21-23-25-28-32(3,30-27-31-36(33-4,34-5)35-6)29-26-24-22-20-18-16-14-12-10-8-2;/h7-31H2,1-6H3;1H/q+1;/p-1. The summed E-state index contributed by atoms with van der Waals surface area (Å²) in [5.41, 5.74) is 0. The number of unbranched alkanes of at least 4 members (excludes halogenated alkanes) is 18. The number of quaternary nitrogens is 1. The lowest BCUT2D eigenvalue weighted by Gasteiger charge is -2.36. The Hall–Kier alpha value is 0.347. The highest BCUT2D eigenvalue weighted by Gasteiger charge is 2.38. The van der Waals surface area contributed by atoms with E-state index in [9.17, 15) is 0 Å². The summed E-state index contributed by atoms with van der Waals surface area (Å²) in [4.78, 5) is 0. The molecule has 0 fully saturated rings. The molecule has 0 N–H and O–H groups in total. The second-order valence-corrected chi connectivity index (χ2v) is 14.6. The molecule has 0 amide bonds. The van der Waals surface area contributed by atoms with Crippen LogP contribution in [0.2, 0.25) is 6.04 Å². The molecule has 0 bridgehead atoms. The number of rotatable bonds is 29. The second-order valence-electron chi connectivity index (χ2n) is 11.6. The predicted molar refractivity (Wildman–Crippen MR) is 161 cm³/mol. The summed E-state index contributed by atoms with van der Waals surface area (Å²) >= 11 is 0. The van der Waals surface area contributed by atoms with Gasteiger partial charge in [0.15, 0.2) is 0 Å². The summed E-state index contributed by atoms with van der Waals surface area (Å²) in [6.07, 6.45) is 29.4. The van der Waals surface area contributed by atoms with Crippen molar-refractivity contribution in [2.24, 2.45) is 0 Å². The summed E-state index contributed by atoms with van der Waals surface area (Å²) in [5, 5.41) is 0. The summed E-state index contributed by atoms with van der Waals surface area (Å²) in [6.45, 7) is 8.44. The van der Waals surface area contributed by atoms with Crippen LogP contribution in [-0.4, -0.2) is 61.3 Å². The van der Waals surface area contributed by atoms with Gasteiger partial charge in [-0.05, 0) is 25.7 Å². The van der Waals surface area contributed by atoms with Gasteiger partial charge >= 0.3 is 8.80 Å². The second kappa shape index (κ2) is 27.9. The molecule has 37 heavy (non-hydrogen) atoms. The Balaban J connectivity index is 0. The van der Waals surface area contributed by atoms with Crippen LogP contribution in [-0.2, 0) is 13.3 Å². The van der Waals surface area contributed by atoms with Crippen molar-refractivity contribution in [2.45, 2.75) is 155 Å². The Morgan fingerprint density at radius 3 is 1.00 bits per heavy atom. The molecule has 226 valence electrons. The lowest BCUT2D eigenvalue weighted by atomic mass is 10.1. The van der Waals surface area contributed by atoms with Crippen LogP contribution < -0.4 is 12.4 Å². The summed E-state index contributed by atoms with van der Waals surface area (Å²) < 4.78 is 18.2. The Bertz CT molecular complexity index is 420. The Kier molecular flexibility index (Phi) is 29.8. The third-order valence-corrected chi connectivity index (χ3v) is 11.0. The number of halogens is 1. The molecule has 0 spiro atoms. The molecule has 0 saturated carbocycles. The maximum atomic E-state index is 5.67. The molecule has 0 aliphatic heterocycles. The highest BCUT2D eigenvalue weighted by molar-refractivity contribution is 6.60. The topological polar surface area (TPSA) is 27.7 Å². The van der Waals surface area contributed by atoms with Gasteiger partial charge in [-0.3, -0.25) is 0 Å². The van der Waals surface area contributed by atoms with E-state index in [-0.39, 0.29) is 12.4 Å². The summed E-state index contributed by atoms with van der Waals surface area (Å²) in [7, 11) is 5.25.